The van der Waals surface area contributed by atoms with Crippen molar-refractivity contribution in [2.45, 2.75) is 11.3 Å². The van der Waals surface area contributed by atoms with E-state index in [1.165, 1.54) is 12.1 Å². The number of sulfonamides is 1. The molecule has 0 aliphatic rings. The fourth-order valence-electron chi connectivity index (χ4n) is 1.59. The zero-order valence-corrected chi connectivity index (χ0v) is 13.5. The van der Waals surface area contributed by atoms with Crippen LogP contribution in [0.2, 0.25) is 0 Å². The van der Waals surface area contributed by atoms with Crippen LogP contribution in [0.5, 0.6) is 5.75 Å². The Kier molecular flexibility index (Phi) is 4.85. The number of halogens is 5. The van der Waals surface area contributed by atoms with Crippen molar-refractivity contribution in [3.8, 4) is 5.75 Å². The van der Waals surface area contributed by atoms with E-state index in [9.17, 15) is 26.0 Å². The Morgan fingerprint density at radius 2 is 1.65 bits per heavy atom. The maximum Gasteiger partial charge on any atom is 0.573 e. The summed E-state index contributed by atoms with van der Waals surface area (Å²) in [7, 11) is -4.07. The van der Waals surface area contributed by atoms with Gasteiger partial charge >= 0.3 is 6.36 Å². The van der Waals surface area contributed by atoms with Gasteiger partial charge in [0.2, 0.25) is 0 Å². The second-order valence-corrected chi connectivity index (χ2v) is 6.79. The van der Waals surface area contributed by atoms with Crippen LogP contribution in [-0.4, -0.2) is 14.8 Å². The molecule has 0 amide bonds. The third kappa shape index (κ3) is 4.83. The Hall–Kier alpha value is -1.81. The maximum absolute atomic E-state index is 13.4. The van der Waals surface area contributed by atoms with Gasteiger partial charge in [0.1, 0.15) is 11.6 Å². The Morgan fingerprint density at radius 3 is 2.17 bits per heavy atom. The van der Waals surface area contributed by atoms with Gasteiger partial charge in [-0.25, -0.2) is 12.8 Å². The summed E-state index contributed by atoms with van der Waals surface area (Å²) in [6.07, 6.45) is -4.87. The third-order valence-electron chi connectivity index (χ3n) is 2.54. The van der Waals surface area contributed by atoms with Crippen LogP contribution in [0.15, 0.2) is 51.8 Å². The predicted octanol–water partition coefficient (Wildman–Crippen LogP) is 4.29. The lowest BCUT2D eigenvalue weighted by molar-refractivity contribution is -0.274. The summed E-state index contributed by atoms with van der Waals surface area (Å²) >= 11 is 2.93. The third-order valence-corrected chi connectivity index (χ3v) is 4.58. The molecule has 0 radical (unpaired) electrons. The summed E-state index contributed by atoms with van der Waals surface area (Å²) in [6.45, 7) is 0. The first-order valence-corrected chi connectivity index (χ1v) is 8.18. The van der Waals surface area contributed by atoms with Crippen molar-refractivity contribution in [3.05, 3.63) is 52.8 Å². The lowest BCUT2D eigenvalue weighted by Gasteiger charge is -2.11. The number of nitrogens with one attached hydrogen (secondary N) is 1. The highest BCUT2D eigenvalue weighted by Gasteiger charge is 2.31. The van der Waals surface area contributed by atoms with E-state index in [1.807, 2.05) is 0 Å². The molecule has 0 saturated carbocycles. The second-order valence-electron chi connectivity index (χ2n) is 4.25. The largest absolute Gasteiger partial charge is 0.573 e. The molecule has 4 nitrogen and oxygen atoms in total. The van der Waals surface area contributed by atoms with E-state index in [4.69, 9.17) is 0 Å². The summed E-state index contributed by atoms with van der Waals surface area (Å²) in [5, 5.41) is 0. The maximum atomic E-state index is 13.4. The van der Waals surface area contributed by atoms with E-state index >= 15 is 0 Å². The van der Waals surface area contributed by atoms with Gasteiger partial charge in [0, 0.05) is 0 Å². The highest BCUT2D eigenvalue weighted by atomic mass is 79.9. The molecule has 0 unspecified atom stereocenters. The van der Waals surface area contributed by atoms with E-state index in [0.717, 1.165) is 30.3 Å². The highest BCUT2D eigenvalue weighted by molar-refractivity contribution is 9.10. The number of benzene rings is 2. The van der Waals surface area contributed by atoms with Crippen molar-refractivity contribution in [3.63, 3.8) is 0 Å². The molecule has 2 aromatic rings. The van der Waals surface area contributed by atoms with Gasteiger partial charge in [0.25, 0.3) is 10.0 Å². The molecule has 0 bridgehead atoms. The highest BCUT2D eigenvalue weighted by Crippen LogP contribution is 2.25. The van der Waals surface area contributed by atoms with Crippen LogP contribution in [0, 0.1) is 5.82 Å². The lowest BCUT2D eigenvalue weighted by atomic mass is 10.3. The zero-order chi connectivity index (χ0) is 17.3. The first-order chi connectivity index (χ1) is 10.6. The minimum atomic E-state index is -4.87. The molecule has 10 heteroatoms. The van der Waals surface area contributed by atoms with E-state index in [0.29, 0.717) is 0 Å². The molecule has 0 heterocycles. The van der Waals surface area contributed by atoms with Crippen LogP contribution < -0.4 is 9.46 Å². The molecule has 0 atom stereocenters. The smallest absolute Gasteiger partial charge is 0.406 e. The minimum absolute atomic E-state index is 0.0266. The van der Waals surface area contributed by atoms with Gasteiger partial charge in [0.15, 0.2) is 0 Å². The van der Waals surface area contributed by atoms with E-state index in [2.05, 4.69) is 25.4 Å². The van der Waals surface area contributed by atoms with Gasteiger partial charge in [-0.1, -0.05) is 0 Å². The fraction of sp³-hybridized carbons (Fsp3) is 0.0769. The van der Waals surface area contributed by atoms with Crippen molar-refractivity contribution in [1.82, 2.24) is 0 Å². The van der Waals surface area contributed by atoms with Gasteiger partial charge in [-0.05, 0) is 58.4 Å². The van der Waals surface area contributed by atoms with Crippen LogP contribution in [0.25, 0.3) is 0 Å². The number of ether oxygens (including phenoxy) is 1. The summed E-state index contributed by atoms with van der Waals surface area (Å²) in [4.78, 5) is -0.296. The van der Waals surface area contributed by atoms with Crippen molar-refractivity contribution < 1.29 is 30.7 Å². The molecular weight excluding hydrogens is 406 g/mol. The van der Waals surface area contributed by atoms with Crippen LogP contribution in [0.3, 0.4) is 0 Å². The average Bonchev–Trinajstić information content (AvgIpc) is 2.41. The first kappa shape index (κ1) is 17.5. The molecule has 0 spiro atoms. The van der Waals surface area contributed by atoms with Gasteiger partial charge in [-0.2, -0.15) is 0 Å². The summed E-state index contributed by atoms with van der Waals surface area (Å²) in [6, 6.07) is 7.22. The molecule has 124 valence electrons. The number of hydrogen-bond acceptors (Lipinski definition) is 3. The summed E-state index contributed by atoms with van der Waals surface area (Å²) in [5.41, 5.74) is -0.0266. The van der Waals surface area contributed by atoms with E-state index in [1.54, 1.807) is 0 Å². The number of hydrogen-bond donors (Lipinski definition) is 1. The average molecular weight is 414 g/mol. The predicted molar refractivity (Wildman–Crippen MR) is 78.0 cm³/mol. The van der Waals surface area contributed by atoms with Crippen LogP contribution in [0.4, 0.5) is 23.2 Å². The van der Waals surface area contributed by atoms with Crippen LogP contribution in [-0.2, 0) is 10.0 Å². The Morgan fingerprint density at radius 1 is 1.04 bits per heavy atom. The van der Waals surface area contributed by atoms with Crippen LogP contribution in [0.1, 0.15) is 0 Å². The quantitative estimate of drug-likeness (QED) is 0.760. The number of anilines is 1. The minimum Gasteiger partial charge on any atom is -0.406 e. The number of alkyl halides is 3. The van der Waals surface area contributed by atoms with E-state index in [-0.39, 0.29) is 15.1 Å². The molecular formula is C13H8BrF4NO3S. The Bertz CT molecular complexity index is 807. The molecule has 1 N–H and O–H groups in total. The monoisotopic (exact) mass is 413 g/mol. The van der Waals surface area contributed by atoms with Gasteiger partial charge in [-0.3, -0.25) is 4.72 Å². The van der Waals surface area contributed by atoms with Gasteiger partial charge in [0.05, 0.1) is 15.1 Å². The van der Waals surface area contributed by atoms with Gasteiger partial charge in [-0.15, -0.1) is 13.2 Å². The molecule has 0 aromatic heterocycles. The first-order valence-electron chi connectivity index (χ1n) is 5.90. The molecule has 0 aliphatic carbocycles. The fourth-order valence-corrected chi connectivity index (χ4v) is 2.89. The van der Waals surface area contributed by atoms with Crippen LogP contribution >= 0.6 is 15.9 Å². The topological polar surface area (TPSA) is 55.4 Å². The Labute approximate surface area is 137 Å². The van der Waals surface area contributed by atoms with Crippen molar-refractivity contribution in [2.75, 3.05) is 4.72 Å². The molecule has 23 heavy (non-hydrogen) atoms. The molecule has 0 aliphatic heterocycles. The second kappa shape index (κ2) is 6.36. The Balaban J connectivity index is 2.20. The standard InChI is InChI=1S/C13H8BrF4NO3S/c14-11-6-1-8(7-12(11)15)19-23(20,21)10-4-2-9(3-5-10)22-13(16,17)18/h1-7,19H. The summed E-state index contributed by atoms with van der Waals surface area (Å²) < 4.78 is 79.6. The molecule has 2 rings (SSSR count). The van der Waals surface area contributed by atoms with Crippen molar-refractivity contribution >= 4 is 31.6 Å². The molecule has 2 aromatic carbocycles. The molecule has 0 fully saturated rings. The SMILES string of the molecule is O=S(=O)(Nc1ccc(Br)c(F)c1)c1ccc(OC(F)(F)F)cc1. The van der Waals surface area contributed by atoms with Crippen molar-refractivity contribution in [1.29, 1.82) is 0 Å². The van der Waals surface area contributed by atoms with Gasteiger partial charge < -0.3 is 4.74 Å². The normalized spacial score (nSPS) is 12.0. The van der Waals surface area contributed by atoms with E-state index < -0.39 is 28.0 Å². The van der Waals surface area contributed by atoms with Crippen molar-refractivity contribution in [2.24, 2.45) is 0 Å². The lowest BCUT2D eigenvalue weighted by Crippen LogP contribution is -2.17. The number of rotatable bonds is 4. The summed E-state index contributed by atoms with van der Waals surface area (Å²) in [5.74, 6) is -1.22. The molecule has 0 saturated heterocycles. The zero-order valence-electron chi connectivity index (χ0n) is 11.1.